The molecule has 0 saturated carbocycles. The van der Waals surface area contributed by atoms with E-state index in [2.05, 4.69) is 10.1 Å². The number of thiazole rings is 1. The van der Waals surface area contributed by atoms with E-state index < -0.39 is 5.56 Å². The highest BCUT2D eigenvalue weighted by atomic mass is 32.1. The van der Waals surface area contributed by atoms with Gasteiger partial charge in [-0.15, -0.1) is 0 Å². The van der Waals surface area contributed by atoms with Crippen LogP contribution in [0.4, 0.5) is 0 Å². The molecule has 0 unspecified atom stereocenters. The largest absolute Gasteiger partial charge is 0.494 e. The molecule has 7 nitrogen and oxygen atoms in total. The topological polar surface area (TPSA) is 82.8 Å². The van der Waals surface area contributed by atoms with Gasteiger partial charge < -0.3 is 9.47 Å². The molecule has 0 radical (unpaired) electrons. The van der Waals surface area contributed by atoms with Crippen LogP contribution in [-0.4, -0.2) is 27.8 Å². The third-order valence-electron chi connectivity index (χ3n) is 5.19. The maximum atomic E-state index is 13.0. The second-order valence-corrected chi connectivity index (χ2v) is 8.70. The second kappa shape index (κ2) is 8.99. The van der Waals surface area contributed by atoms with Crippen molar-refractivity contribution in [3.8, 4) is 11.5 Å². The lowest BCUT2D eigenvalue weighted by Gasteiger charge is -2.15. The molecule has 0 saturated heterocycles. The zero-order chi connectivity index (χ0) is 22.8. The van der Waals surface area contributed by atoms with E-state index in [9.17, 15) is 9.59 Å². The Hall–Kier alpha value is -3.78. The summed E-state index contributed by atoms with van der Waals surface area (Å²) in [7, 11) is 0. The Morgan fingerprint density at radius 1 is 1.15 bits per heavy atom. The van der Waals surface area contributed by atoms with E-state index in [4.69, 9.17) is 9.47 Å². The Morgan fingerprint density at radius 2 is 1.97 bits per heavy atom. The Kier molecular flexibility index (Phi) is 5.75. The number of ether oxygens (including phenoxy) is 2. The maximum Gasteiger partial charge on any atom is 0.296 e. The third-order valence-corrected chi connectivity index (χ3v) is 6.15. The minimum absolute atomic E-state index is 0.227. The molecular weight excluding hydrogens is 438 g/mol. The number of rotatable bonds is 6. The van der Waals surface area contributed by atoms with Gasteiger partial charge in [-0.1, -0.05) is 48.6 Å². The number of fused-ring (bicyclic) bond motifs is 2. The van der Waals surface area contributed by atoms with Crippen LogP contribution < -0.4 is 25.1 Å². The minimum Gasteiger partial charge on any atom is -0.494 e. The first-order valence-corrected chi connectivity index (χ1v) is 11.5. The molecule has 1 aliphatic heterocycles. The van der Waals surface area contributed by atoms with E-state index in [1.54, 1.807) is 6.08 Å². The van der Waals surface area contributed by atoms with Crippen LogP contribution in [0.15, 0.2) is 63.7 Å². The number of para-hydroxylation sites is 1. The van der Waals surface area contributed by atoms with Gasteiger partial charge in [0.1, 0.15) is 23.8 Å². The van der Waals surface area contributed by atoms with E-state index in [1.165, 1.54) is 4.52 Å². The molecule has 1 aliphatic rings. The summed E-state index contributed by atoms with van der Waals surface area (Å²) in [6, 6.07) is 15.2. The highest BCUT2D eigenvalue weighted by Gasteiger charge is 2.14. The van der Waals surface area contributed by atoms with Crippen molar-refractivity contribution < 1.29 is 9.47 Å². The Labute approximate surface area is 193 Å². The molecular formula is C25H21N3O4S. The van der Waals surface area contributed by atoms with Crippen molar-refractivity contribution in [2.45, 2.75) is 19.8 Å². The van der Waals surface area contributed by atoms with E-state index in [0.717, 1.165) is 46.0 Å². The van der Waals surface area contributed by atoms with Gasteiger partial charge in [0.2, 0.25) is 4.96 Å². The maximum absolute atomic E-state index is 13.0. The Bertz CT molecular complexity index is 1520. The van der Waals surface area contributed by atoms with Crippen molar-refractivity contribution in [3.63, 3.8) is 0 Å². The molecule has 5 rings (SSSR count). The van der Waals surface area contributed by atoms with Crippen molar-refractivity contribution in [2.75, 3.05) is 13.2 Å². The summed E-state index contributed by atoms with van der Waals surface area (Å²) in [4.78, 5) is 29.9. The molecule has 33 heavy (non-hydrogen) atoms. The lowest BCUT2D eigenvalue weighted by molar-refractivity contribution is 0.317. The normalized spacial score (nSPS) is 13.5. The summed E-state index contributed by atoms with van der Waals surface area (Å²) in [6.45, 7) is 3.07. The quantitative estimate of drug-likeness (QED) is 0.441. The summed E-state index contributed by atoms with van der Waals surface area (Å²) in [6.07, 6.45) is 4.99. The van der Waals surface area contributed by atoms with Crippen LogP contribution in [0.25, 0.3) is 17.1 Å². The molecule has 4 aromatic rings. The molecule has 0 aliphatic carbocycles. The highest BCUT2D eigenvalue weighted by molar-refractivity contribution is 7.15. The van der Waals surface area contributed by atoms with Gasteiger partial charge in [-0.2, -0.15) is 14.6 Å². The first kappa shape index (κ1) is 21.1. The van der Waals surface area contributed by atoms with Crippen LogP contribution in [0.2, 0.25) is 0 Å². The number of nitrogens with zero attached hydrogens (tertiary/aromatic N) is 3. The van der Waals surface area contributed by atoms with Gasteiger partial charge >= 0.3 is 0 Å². The molecule has 0 bridgehead atoms. The predicted molar refractivity (Wildman–Crippen MR) is 128 cm³/mol. The van der Waals surface area contributed by atoms with E-state index in [-0.39, 0.29) is 22.6 Å². The fourth-order valence-electron chi connectivity index (χ4n) is 3.55. The van der Waals surface area contributed by atoms with Gasteiger partial charge in [-0.05, 0) is 47.9 Å². The molecule has 2 aromatic heterocycles. The highest BCUT2D eigenvalue weighted by Crippen LogP contribution is 2.26. The molecule has 2 aromatic carbocycles. The van der Waals surface area contributed by atoms with Crippen molar-refractivity contribution in [1.82, 2.24) is 14.6 Å². The number of benzene rings is 2. The van der Waals surface area contributed by atoms with Crippen LogP contribution in [0, 0.1) is 0 Å². The van der Waals surface area contributed by atoms with Crippen LogP contribution in [0.5, 0.6) is 11.5 Å². The summed E-state index contributed by atoms with van der Waals surface area (Å²) in [5, 5.41) is 4.33. The smallest absolute Gasteiger partial charge is 0.296 e. The molecule has 0 spiro atoms. The van der Waals surface area contributed by atoms with E-state index in [1.807, 2.05) is 61.5 Å². The zero-order valence-corrected chi connectivity index (χ0v) is 18.8. The SMILES string of the molecule is CCCOc1ccc(Cc2nn3c(=O)/c(=C/C4=Cc5ccccc5OC4)sc3nc2=O)cc1. The summed E-state index contributed by atoms with van der Waals surface area (Å²) in [5.41, 5.74) is 2.22. The van der Waals surface area contributed by atoms with Gasteiger partial charge in [0.25, 0.3) is 11.1 Å². The minimum atomic E-state index is -0.428. The zero-order valence-electron chi connectivity index (χ0n) is 18.0. The van der Waals surface area contributed by atoms with Gasteiger partial charge in [-0.3, -0.25) is 9.59 Å². The fourth-order valence-corrected chi connectivity index (χ4v) is 4.47. The van der Waals surface area contributed by atoms with Crippen LogP contribution in [0.1, 0.15) is 30.2 Å². The first-order valence-electron chi connectivity index (χ1n) is 10.7. The monoisotopic (exact) mass is 459 g/mol. The van der Waals surface area contributed by atoms with Crippen molar-refractivity contribution >= 4 is 28.4 Å². The average Bonchev–Trinajstić information content (AvgIpc) is 3.12. The lowest BCUT2D eigenvalue weighted by Crippen LogP contribution is -2.28. The number of aromatic nitrogens is 3. The van der Waals surface area contributed by atoms with Crippen LogP contribution >= 0.6 is 11.3 Å². The lowest BCUT2D eigenvalue weighted by atomic mass is 10.1. The number of hydrogen-bond acceptors (Lipinski definition) is 7. The molecule has 8 heteroatoms. The molecule has 0 amide bonds. The van der Waals surface area contributed by atoms with Crippen LogP contribution in [-0.2, 0) is 6.42 Å². The molecule has 3 heterocycles. The van der Waals surface area contributed by atoms with Crippen molar-refractivity contribution in [2.24, 2.45) is 0 Å². The molecule has 0 N–H and O–H groups in total. The number of hydrogen-bond donors (Lipinski definition) is 0. The standard InChI is InChI=1S/C25H21N3O4S/c1-2-11-31-19-9-7-16(8-10-19)13-20-23(29)26-25-28(27-20)24(30)22(33-25)14-17-12-18-5-3-4-6-21(18)32-15-17/h3-10,12,14H,2,11,13,15H2,1H3/b22-14-. The van der Waals surface area contributed by atoms with Gasteiger partial charge in [0, 0.05) is 12.0 Å². The summed E-state index contributed by atoms with van der Waals surface area (Å²) < 4.78 is 13.0. The van der Waals surface area contributed by atoms with Gasteiger partial charge in [0.05, 0.1) is 11.1 Å². The average molecular weight is 460 g/mol. The third kappa shape index (κ3) is 4.42. The summed E-state index contributed by atoms with van der Waals surface area (Å²) >= 11 is 1.15. The van der Waals surface area contributed by atoms with Gasteiger partial charge in [0.15, 0.2) is 0 Å². The molecule has 166 valence electrons. The van der Waals surface area contributed by atoms with Crippen molar-refractivity contribution in [1.29, 1.82) is 0 Å². The van der Waals surface area contributed by atoms with Crippen molar-refractivity contribution in [3.05, 3.63) is 96.2 Å². The molecule has 0 fully saturated rings. The van der Waals surface area contributed by atoms with Gasteiger partial charge in [-0.25, -0.2) is 0 Å². The van der Waals surface area contributed by atoms with Crippen LogP contribution in [0.3, 0.4) is 0 Å². The Morgan fingerprint density at radius 3 is 2.79 bits per heavy atom. The second-order valence-electron chi connectivity index (χ2n) is 7.69. The fraction of sp³-hybridized carbons (Fsp3) is 0.200. The first-order chi connectivity index (χ1) is 16.1. The predicted octanol–water partition coefficient (Wildman–Crippen LogP) is 2.87. The molecule has 0 atom stereocenters. The Balaban J connectivity index is 1.46. The van der Waals surface area contributed by atoms with E-state index in [0.29, 0.717) is 17.7 Å². The van der Waals surface area contributed by atoms with E-state index >= 15 is 0 Å². The summed E-state index contributed by atoms with van der Waals surface area (Å²) in [5.74, 6) is 1.60.